The second-order valence-corrected chi connectivity index (χ2v) is 3.56. The fraction of sp³-hybridized carbons (Fsp3) is 0.273. The molecule has 0 fully saturated rings. The van der Waals surface area contributed by atoms with Crippen molar-refractivity contribution in [3.8, 4) is 0 Å². The predicted molar refractivity (Wildman–Crippen MR) is 62.9 cm³/mol. The van der Waals surface area contributed by atoms with Crippen LogP contribution in [0, 0.1) is 10.1 Å². The summed E-state index contributed by atoms with van der Waals surface area (Å²) in [7, 11) is 0. The van der Waals surface area contributed by atoms with Crippen LogP contribution in [0.4, 0.5) is 11.4 Å². The molecule has 0 saturated heterocycles. The van der Waals surface area contributed by atoms with Gasteiger partial charge in [-0.25, -0.2) is 0 Å². The number of non-ortho nitro benzene ring substituents is 1. The second-order valence-electron chi connectivity index (χ2n) is 3.56. The van der Waals surface area contributed by atoms with Crippen molar-refractivity contribution < 1.29 is 19.2 Å². The topological polar surface area (TPSA) is 98.5 Å². The standard InChI is InChI=1S/C11H12N2O5/c1-7(14)12-11-4-3-10(13(16)17)5-9(11)6-18-8(2)15/h3-5H,6H2,1-2H3,(H,12,14). The van der Waals surface area contributed by atoms with E-state index in [-0.39, 0.29) is 18.2 Å². The van der Waals surface area contributed by atoms with Crippen molar-refractivity contribution in [2.24, 2.45) is 0 Å². The first kappa shape index (κ1) is 13.6. The van der Waals surface area contributed by atoms with E-state index in [1.54, 1.807) is 0 Å². The van der Waals surface area contributed by atoms with E-state index in [0.29, 0.717) is 11.3 Å². The van der Waals surface area contributed by atoms with Crippen molar-refractivity contribution in [3.63, 3.8) is 0 Å². The van der Waals surface area contributed by atoms with Gasteiger partial charge in [0.2, 0.25) is 5.91 Å². The Balaban J connectivity index is 3.04. The molecule has 1 rings (SSSR count). The Hall–Kier alpha value is -2.44. The summed E-state index contributed by atoms with van der Waals surface area (Å²) in [5.41, 5.74) is 0.621. The minimum atomic E-state index is -0.561. The van der Waals surface area contributed by atoms with Gasteiger partial charge in [0, 0.05) is 37.2 Å². The number of benzene rings is 1. The number of esters is 1. The van der Waals surface area contributed by atoms with Gasteiger partial charge in [-0.1, -0.05) is 0 Å². The van der Waals surface area contributed by atoms with Crippen molar-refractivity contribution >= 4 is 23.3 Å². The van der Waals surface area contributed by atoms with Crippen LogP contribution in [0.2, 0.25) is 0 Å². The third-order valence-electron chi connectivity index (χ3n) is 2.04. The summed E-state index contributed by atoms with van der Waals surface area (Å²) >= 11 is 0. The van der Waals surface area contributed by atoms with Crippen LogP contribution in [0.1, 0.15) is 19.4 Å². The van der Waals surface area contributed by atoms with Gasteiger partial charge in [-0.2, -0.15) is 0 Å². The second kappa shape index (κ2) is 5.76. The first-order chi connectivity index (χ1) is 8.40. The molecule has 7 nitrogen and oxygen atoms in total. The molecule has 0 saturated carbocycles. The SMILES string of the molecule is CC(=O)Nc1ccc([N+](=O)[O-])cc1COC(C)=O. The molecule has 0 heterocycles. The van der Waals surface area contributed by atoms with E-state index in [2.05, 4.69) is 5.32 Å². The van der Waals surface area contributed by atoms with E-state index in [1.165, 1.54) is 32.0 Å². The highest BCUT2D eigenvalue weighted by Crippen LogP contribution is 2.23. The number of anilines is 1. The number of nitrogens with zero attached hydrogens (tertiary/aromatic N) is 1. The van der Waals surface area contributed by atoms with E-state index >= 15 is 0 Å². The Morgan fingerprint density at radius 2 is 2.06 bits per heavy atom. The predicted octanol–water partition coefficient (Wildman–Crippen LogP) is 1.62. The summed E-state index contributed by atoms with van der Waals surface area (Å²) < 4.78 is 4.77. The third-order valence-corrected chi connectivity index (χ3v) is 2.04. The lowest BCUT2D eigenvalue weighted by Crippen LogP contribution is -2.10. The number of rotatable bonds is 4. The molecule has 1 aromatic carbocycles. The number of carbonyl (C=O) groups is 2. The molecule has 18 heavy (non-hydrogen) atoms. The normalized spacial score (nSPS) is 9.67. The maximum absolute atomic E-state index is 11.0. The van der Waals surface area contributed by atoms with E-state index in [1.807, 2.05) is 0 Å². The average molecular weight is 252 g/mol. The molecule has 7 heteroatoms. The summed E-state index contributed by atoms with van der Waals surface area (Å²) in [6, 6.07) is 3.93. The summed E-state index contributed by atoms with van der Waals surface area (Å²) in [6.07, 6.45) is 0. The quantitative estimate of drug-likeness (QED) is 0.498. The molecular formula is C11H12N2O5. The van der Waals surface area contributed by atoms with Crippen molar-refractivity contribution in [2.75, 3.05) is 5.32 Å². The Morgan fingerprint density at radius 1 is 1.39 bits per heavy atom. The Bertz CT molecular complexity index is 498. The van der Waals surface area contributed by atoms with Crippen LogP contribution in [-0.4, -0.2) is 16.8 Å². The maximum atomic E-state index is 11.0. The summed E-state index contributed by atoms with van der Waals surface area (Å²) in [4.78, 5) is 31.8. The van der Waals surface area contributed by atoms with Gasteiger partial charge in [-0.3, -0.25) is 19.7 Å². The molecule has 0 bridgehead atoms. The Morgan fingerprint density at radius 3 is 2.56 bits per heavy atom. The molecule has 0 radical (unpaired) electrons. The molecule has 0 aliphatic carbocycles. The van der Waals surface area contributed by atoms with E-state index in [4.69, 9.17) is 4.74 Å². The largest absolute Gasteiger partial charge is 0.461 e. The fourth-order valence-electron chi connectivity index (χ4n) is 1.30. The van der Waals surface area contributed by atoms with Gasteiger partial charge in [-0.05, 0) is 6.07 Å². The summed E-state index contributed by atoms with van der Waals surface area (Å²) in [5, 5.41) is 13.1. The molecule has 0 atom stereocenters. The van der Waals surface area contributed by atoms with E-state index in [9.17, 15) is 19.7 Å². The fourth-order valence-corrected chi connectivity index (χ4v) is 1.30. The molecule has 96 valence electrons. The van der Waals surface area contributed by atoms with Gasteiger partial charge in [0.05, 0.1) is 4.92 Å². The summed E-state index contributed by atoms with van der Waals surface area (Å²) in [5.74, 6) is -0.816. The lowest BCUT2D eigenvalue weighted by atomic mass is 10.1. The van der Waals surface area contributed by atoms with Crippen LogP contribution in [0.5, 0.6) is 0 Å². The zero-order valence-electron chi connectivity index (χ0n) is 9.93. The highest BCUT2D eigenvalue weighted by atomic mass is 16.6. The molecule has 0 aliphatic rings. The molecule has 0 aliphatic heterocycles. The number of ether oxygens (including phenoxy) is 1. The van der Waals surface area contributed by atoms with Crippen LogP contribution >= 0.6 is 0 Å². The highest BCUT2D eigenvalue weighted by molar-refractivity contribution is 5.89. The van der Waals surface area contributed by atoms with Gasteiger partial charge in [0.25, 0.3) is 5.69 Å². The average Bonchev–Trinajstić information content (AvgIpc) is 2.26. The van der Waals surface area contributed by atoms with Gasteiger partial charge in [0.15, 0.2) is 0 Å². The molecule has 1 aromatic rings. The molecule has 1 N–H and O–H groups in total. The number of nitro groups is 1. The van der Waals surface area contributed by atoms with Crippen molar-refractivity contribution in [1.82, 2.24) is 0 Å². The minimum Gasteiger partial charge on any atom is -0.461 e. The van der Waals surface area contributed by atoms with Crippen LogP contribution in [0.3, 0.4) is 0 Å². The monoisotopic (exact) mass is 252 g/mol. The van der Waals surface area contributed by atoms with Crippen LogP contribution in [0.15, 0.2) is 18.2 Å². The van der Waals surface area contributed by atoms with E-state index in [0.717, 1.165) is 0 Å². The van der Waals surface area contributed by atoms with Crippen LogP contribution in [0.25, 0.3) is 0 Å². The zero-order chi connectivity index (χ0) is 13.7. The summed E-state index contributed by atoms with van der Waals surface area (Å²) in [6.45, 7) is 2.42. The van der Waals surface area contributed by atoms with Crippen molar-refractivity contribution in [2.45, 2.75) is 20.5 Å². The molecule has 0 aromatic heterocycles. The number of nitrogens with one attached hydrogen (secondary N) is 1. The van der Waals surface area contributed by atoms with Gasteiger partial charge >= 0.3 is 5.97 Å². The van der Waals surface area contributed by atoms with Gasteiger partial charge < -0.3 is 10.1 Å². The van der Waals surface area contributed by atoms with Gasteiger partial charge in [0.1, 0.15) is 6.61 Å². The van der Waals surface area contributed by atoms with Gasteiger partial charge in [-0.15, -0.1) is 0 Å². The van der Waals surface area contributed by atoms with E-state index < -0.39 is 10.9 Å². The molecule has 0 unspecified atom stereocenters. The third kappa shape index (κ3) is 3.85. The number of amides is 1. The molecular weight excluding hydrogens is 240 g/mol. The maximum Gasteiger partial charge on any atom is 0.302 e. The molecule has 0 spiro atoms. The highest BCUT2D eigenvalue weighted by Gasteiger charge is 2.12. The lowest BCUT2D eigenvalue weighted by Gasteiger charge is -2.09. The van der Waals surface area contributed by atoms with Crippen molar-refractivity contribution in [1.29, 1.82) is 0 Å². The Labute approximate surface area is 103 Å². The lowest BCUT2D eigenvalue weighted by molar-refractivity contribution is -0.384. The smallest absolute Gasteiger partial charge is 0.302 e. The Kier molecular flexibility index (Phi) is 4.36. The zero-order valence-corrected chi connectivity index (χ0v) is 9.93. The first-order valence-electron chi connectivity index (χ1n) is 5.08. The minimum absolute atomic E-state index is 0.132. The van der Waals surface area contributed by atoms with Crippen LogP contribution < -0.4 is 5.32 Å². The number of carbonyl (C=O) groups excluding carboxylic acids is 2. The number of hydrogen-bond acceptors (Lipinski definition) is 5. The molecule has 1 amide bonds. The number of hydrogen-bond donors (Lipinski definition) is 1. The first-order valence-corrected chi connectivity index (χ1v) is 5.08. The van der Waals surface area contributed by atoms with Crippen molar-refractivity contribution in [3.05, 3.63) is 33.9 Å². The van der Waals surface area contributed by atoms with Crippen LogP contribution in [-0.2, 0) is 20.9 Å². The number of nitro benzene ring substituents is 1.